The molecule has 2 aliphatic carbocycles. The van der Waals surface area contributed by atoms with Crippen LogP contribution in [0.15, 0.2) is 235 Å². The number of fused-ring (bicyclic) bond motifs is 11. The minimum Gasteiger partial charge on any atom is -0.459 e. The Kier molecular flexibility index (Phi) is 8.14. The lowest BCUT2D eigenvalue weighted by Crippen LogP contribution is -2.34. The first-order chi connectivity index (χ1) is 30.3. The molecule has 3 heteroatoms. The van der Waals surface area contributed by atoms with Crippen LogP contribution >= 0.6 is 0 Å². The molecule has 0 fully saturated rings. The summed E-state index contributed by atoms with van der Waals surface area (Å²) in [6, 6.07) is 83.2. The van der Waals surface area contributed by atoms with E-state index in [9.17, 15) is 0 Å². The van der Waals surface area contributed by atoms with Crippen molar-refractivity contribution in [1.82, 2.24) is 0 Å². The van der Waals surface area contributed by atoms with Crippen LogP contribution in [-0.4, -0.2) is 0 Å². The fourth-order valence-corrected chi connectivity index (χ4v) is 10.3. The lowest BCUT2D eigenvalue weighted by Gasteiger charge is -2.39. The van der Waals surface area contributed by atoms with Crippen LogP contribution in [0.1, 0.15) is 33.6 Å². The Hall–Kier alpha value is -7.88. The van der Waals surface area contributed by atoms with Crippen molar-refractivity contribution in [2.75, 3.05) is 9.80 Å². The third-order valence-electron chi connectivity index (χ3n) is 12.8. The van der Waals surface area contributed by atoms with Crippen molar-refractivity contribution in [1.29, 1.82) is 0 Å². The quantitative estimate of drug-likeness (QED) is 0.161. The van der Waals surface area contributed by atoms with E-state index in [0.29, 0.717) is 0 Å². The molecule has 0 aliphatic heterocycles. The van der Waals surface area contributed by atoms with E-state index in [2.05, 4.69) is 240 Å². The third-order valence-corrected chi connectivity index (χ3v) is 12.8. The SMILES string of the molecule is c1ccc(N(c2ccccc2)c2ccc(-c3cccc4c3-c3ccccc3C43c4cccc(N(c5ccccc5)c5ccccc5)c4Cc4c3oc3ccccc43)cc2)cc1. The van der Waals surface area contributed by atoms with Gasteiger partial charge in [0.15, 0.2) is 0 Å². The van der Waals surface area contributed by atoms with Gasteiger partial charge in [-0.3, -0.25) is 0 Å². The minimum atomic E-state index is -0.698. The molecule has 1 atom stereocenters. The number of hydrogen-bond donors (Lipinski definition) is 0. The number of hydrogen-bond acceptors (Lipinski definition) is 3. The van der Waals surface area contributed by atoms with Gasteiger partial charge >= 0.3 is 0 Å². The molecule has 1 unspecified atom stereocenters. The summed E-state index contributed by atoms with van der Waals surface area (Å²) in [6.45, 7) is 0. The Morgan fingerprint density at radius 3 is 1.51 bits per heavy atom. The average molecular weight is 781 g/mol. The molecule has 3 nitrogen and oxygen atoms in total. The summed E-state index contributed by atoms with van der Waals surface area (Å²) in [6.07, 6.45) is 0.744. The summed E-state index contributed by atoms with van der Waals surface area (Å²) >= 11 is 0. The maximum absolute atomic E-state index is 7.22. The van der Waals surface area contributed by atoms with Crippen molar-refractivity contribution in [2.24, 2.45) is 0 Å². The first-order valence-corrected chi connectivity index (χ1v) is 21.1. The molecule has 0 bridgehead atoms. The summed E-state index contributed by atoms with van der Waals surface area (Å²) in [5.41, 5.74) is 18.1. The van der Waals surface area contributed by atoms with Gasteiger partial charge in [0.2, 0.25) is 0 Å². The highest BCUT2D eigenvalue weighted by atomic mass is 16.3. The van der Waals surface area contributed by atoms with E-state index < -0.39 is 5.41 Å². The van der Waals surface area contributed by atoms with Crippen molar-refractivity contribution in [2.45, 2.75) is 11.8 Å². The standard InChI is InChI=1S/C58H40N2O/c1-5-19-41(20-6-1)59(42-21-7-2-8-22-42)45-37-35-40(36-38-45)46-29-17-32-53-56(46)48-28-13-15-30-51(48)58(53)52-31-18-33-54(50(52)39-49-47-27-14-16-34-55(47)61-57(49)58)60(43-23-9-3-10-24-43)44-25-11-4-12-26-44/h1-38H,39H2. The Morgan fingerprint density at radius 1 is 0.361 bits per heavy atom. The zero-order chi connectivity index (χ0) is 40.3. The molecule has 2 aliphatic rings. The number of para-hydroxylation sites is 5. The van der Waals surface area contributed by atoms with Crippen LogP contribution < -0.4 is 9.80 Å². The summed E-state index contributed by atoms with van der Waals surface area (Å²) in [7, 11) is 0. The van der Waals surface area contributed by atoms with Gasteiger partial charge in [-0.05, 0) is 117 Å². The Morgan fingerprint density at radius 2 is 0.852 bits per heavy atom. The minimum absolute atomic E-state index is 0.698. The second-order valence-electron chi connectivity index (χ2n) is 16.0. The second-order valence-corrected chi connectivity index (χ2v) is 16.0. The fraction of sp³-hybridized carbons (Fsp3) is 0.0345. The normalized spacial score (nSPS) is 14.6. The molecule has 12 rings (SSSR count). The van der Waals surface area contributed by atoms with Gasteiger partial charge in [-0.25, -0.2) is 0 Å². The average Bonchev–Trinajstić information content (AvgIpc) is 3.85. The smallest absolute Gasteiger partial charge is 0.134 e. The molecule has 10 aromatic rings. The van der Waals surface area contributed by atoms with Crippen molar-refractivity contribution < 1.29 is 4.42 Å². The maximum atomic E-state index is 7.22. The van der Waals surface area contributed by atoms with Crippen LogP contribution in [-0.2, 0) is 11.8 Å². The van der Waals surface area contributed by atoms with Crippen molar-refractivity contribution >= 4 is 45.1 Å². The van der Waals surface area contributed by atoms with Gasteiger partial charge < -0.3 is 14.2 Å². The largest absolute Gasteiger partial charge is 0.459 e. The lowest BCUT2D eigenvalue weighted by molar-refractivity contribution is 0.482. The molecule has 0 saturated carbocycles. The predicted octanol–water partition coefficient (Wildman–Crippen LogP) is 15.3. The number of furan rings is 1. The molecule has 1 heterocycles. The predicted molar refractivity (Wildman–Crippen MR) is 251 cm³/mol. The van der Waals surface area contributed by atoms with Crippen LogP contribution in [0, 0.1) is 0 Å². The fourth-order valence-electron chi connectivity index (χ4n) is 10.3. The zero-order valence-corrected chi connectivity index (χ0v) is 33.4. The molecule has 1 spiro atoms. The van der Waals surface area contributed by atoms with Crippen LogP contribution in [0.25, 0.3) is 33.2 Å². The summed E-state index contributed by atoms with van der Waals surface area (Å²) in [5.74, 6) is 1.02. The maximum Gasteiger partial charge on any atom is 0.134 e. The first-order valence-electron chi connectivity index (χ1n) is 21.1. The molecule has 0 N–H and O–H groups in total. The monoisotopic (exact) mass is 780 g/mol. The van der Waals surface area contributed by atoms with Gasteiger partial charge in [0, 0.05) is 51.5 Å². The topological polar surface area (TPSA) is 19.6 Å². The molecule has 0 radical (unpaired) electrons. The molecule has 288 valence electrons. The van der Waals surface area contributed by atoms with Gasteiger partial charge in [0.05, 0.1) is 0 Å². The highest BCUT2D eigenvalue weighted by Crippen LogP contribution is 2.63. The first kappa shape index (κ1) is 35.1. The van der Waals surface area contributed by atoms with E-state index in [1.54, 1.807) is 0 Å². The Balaban J connectivity index is 1.10. The summed E-state index contributed by atoms with van der Waals surface area (Å²) in [4.78, 5) is 4.74. The van der Waals surface area contributed by atoms with Gasteiger partial charge in [-0.15, -0.1) is 0 Å². The summed E-state index contributed by atoms with van der Waals surface area (Å²) < 4.78 is 7.22. The van der Waals surface area contributed by atoms with Gasteiger partial charge in [0.1, 0.15) is 16.8 Å². The van der Waals surface area contributed by atoms with Crippen LogP contribution in [0.3, 0.4) is 0 Å². The lowest BCUT2D eigenvalue weighted by atomic mass is 9.64. The third kappa shape index (κ3) is 5.37. The van der Waals surface area contributed by atoms with E-state index in [1.807, 2.05) is 0 Å². The van der Waals surface area contributed by atoms with E-state index in [-0.39, 0.29) is 0 Å². The number of nitrogens with zero attached hydrogens (tertiary/aromatic N) is 2. The molecule has 9 aromatic carbocycles. The highest BCUT2D eigenvalue weighted by Gasteiger charge is 2.54. The molecular formula is C58H40N2O. The van der Waals surface area contributed by atoms with E-state index in [0.717, 1.165) is 46.2 Å². The summed E-state index contributed by atoms with van der Waals surface area (Å²) in [5, 5.41) is 1.17. The molecule has 61 heavy (non-hydrogen) atoms. The van der Waals surface area contributed by atoms with Crippen LogP contribution in [0.5, 0.6) is 0 Å². The van der Waals surface area contributed by atoms with E-state index in [4.69, 9.17) is 4.42 Å². The molecule has 0 saturated heterocycles. The molecule has 1 aromatic heterocycles. The van der Waals surface area contributed by atoms with Crippen molar-refractivity contribution in [3.63, 3.8) is 0 Å². The highest BCUT2D eigenvalue weighted by molar-refractivity contribution is 5.98. The van der Waals surface area contributed by atoms with E-state index in [1.165, 1.54) is 61.1 Å². The van der Waals surface area contributed by atoms with Gasteiger partial charge in [-0.2, -0.15) is 0 Å². The Bertz CT molecular complexity index is 3130. The molecule has 0 amide bonds. The molecular weight excluding hydrogens is 741 g/mol. The van der Waals surface area contributed by atoms with Crippen molar-refractivity contribution in [3.05, 3.63) is 264 Å². The number of rotatable bonds is 7. The van der Waals surface area contributed by atoms with Crippen molar-refractivity contribution in [3.8, 4) is 22.3 Å². The zero-order valence-electron chi connectivity index (χ0n) is 33.4. The van der Waals surface area contributed by atoms with Crippen LogP contribution in [0.4, 0.5) is 34.1 Å². The van der Waals surface area contributed by atoms with Crippen LogP contribution in [0.2, 0.25) is 0 Å². The van der Waals surface area contributed by atoms with Gasteiger partial charge in [-0.1, -0.05) is 158 Å². The van der Waals surface area contributed by atoms with Gasteiger partial charge in [0.25, 0.3) is 0 Å². The second kappa shape index (κ2) is 14.1. The number of benzene rings is 9. The Labute approximate surface area is 356 Å². The van der Waals surface area contributed by atoms with E-state index >= 15 is 0 Å². The number of anilines is 6.